The molecule has 17 heavy (non-hydrogen) atoms. The van der Waals surface area contributed by atoms with Crippen LogP contribution in [-0.2, 0) is 0 Å². The number of nitrogens with two attached hydrogens (primary N) is 1. The van der Waals surface area contributed by atoms with E-state index in [2.05, 4.69) is 22.2 Å². The molecule has 1 aromatic heterocycles. The zero-order chi connectivity index (χ0) is 12.3. The van der Waals surface area contributed by atoms with Crippen LogP contribution in [0.25, 0.3) is 0 Å². The molecule has 1 fully saturated rings. The summed E-state index contributed by atoms with van der Waals surface area (Å²) in [6.45, 7) is 5.29. The predicted molar refractivity (Wildman–Crippen MR) is 70.8 cm³/mol. The molecular weight excluding hydrogens is 212 g/mol. The van der Waals surface area contributed by atoms with E-state index in [1.807, 2.05) is 13.0 Å². The molecular formula is C13H22N4. The molecule has 1 aromatic rings. The zero-order valence-electron chi connectivity index (χ0n) is 10.7. The molecule has 1 aliphatic rings. The minimum atomic E-state index is 0.351. The van der Waals surface area contributed by atoms with Gasteiger partial charge >= 0.3 is 0 Å². The number of aromatic nitrogens is 2. The van der Waals surface area contributed by atoms with Crippen LogP contribution in [0.5, 0.6) is 0 Å². The quantitative estimate of drug-likeness (QED) is 0.843. The Morgan fingerprint density at radius 1 is 1.35 bits per heavy atom. The molecule has 2 unspecified atom stereocenters. The molecule has 0 bridgehead atoms. The second kappa shape index (κ2) is 5.34. The van der Waals surface area contributed by atoms with Crippen LogP contribution in [0, 0.1) is 18.8 Å². The van der Waals surface area contributed by atoms with Gasteiger partial charge in [0, 0.05) is 18.3 Å². The van der Waals surface area contributed by atoms with Gasteiger partial charge in [0.15, 0.2) is 0 Å². The lowest BCUT2D eigenvalue weighted by Crippen LogP contribution is -2.24. The maximum absolute atomic E-state index is 5.63. The molecule has 1 heterocycles. The van der Waals surface area contributed by atoms with Crippen LogP contribution in [0.15, 0.2) is 6.07 Å². The molecule has 0 aliphatic heterocycles. The Balaban J connectivity index is 1.92. The van der Waals surface area contributed by atoms with Crippen LogP contribution in [0.3, 0.4) is 0 Å². The monoisotopic (exact) mass is 234 g/mol. The molecule has 0 amide bonds. The van der Waals surface area contributed by atoms with Crippen LogP contribution < -0.4 is 11.1 Å². The van der Waals surface area contributed by atoms with Crippen molar-refractivity contribution in [2.24, 2.45) is 11.8 Å². The van der Waals surface area contributed by atoms with Crippen molar-refractivity contribution in [2.45, 2.75) is 39.5 Å². The molecule has 2 atom stereocenters. The van der Waals surface area contributed by atoms with Crippen molar-refractivity contribution < 1.29 is 0 Å². The highest BCUT2D eigenvalue weighted by Crippen LogP contribution is 2.29. The molecule has 4 nitrogen and oxygen atoms in total. The van der Waals surface area contributed by atoms with E-state index in [-0.39, 0.29) is 0 Å². The Morgan fingerprint density at radius 2 is 2.12 bits per heavy atom. The average molecular weight is 234 g/mol. The van der Waals surface area contributed by atoms with Gasteiger partial charge in [0.1, 0.15) is 5.82 Å². The first-order chi connectivity index (χ1) is 8.15. The molecule has 1 saturated carbocycles. The Hall–Kier alpha value is -1.32. The molecule has 0 saturated heterocycles. The molecule has 94 valence electrons. The summed E-state index contributed by atoms with van der Waals surface area (Å²) in [5, 5.41) is 3.40. The van der Waals surface area contributed by atoms with Crippen LogP contribution in [0.1, 0.15) is 38.3 Å². The fourth-order valence-corrected chi connectivity index (χ4v) is 2.61. The number of anilines is 2. The molecule has 3 N–H and O–H groups in total. The number of nitrogens with zero attached hydrogens (tertiary/aromatic N) is 2. The number of rotatable bonds is 3. The summed E-state index contributed by atoms with van der Waals surface area (Å²) in [5.74, 6) is 2.79. The predicted octanol–water partition coefficient (Wildman–Crippen LogP) is 2.61. The van der Waals surface area contributed by atoms with Crippen molar-refractivity contribution >= 4 is 11.8 Å². The lowest BCUT2D eigenvalue weighted by atomic mass is 9.80. The molecule has 0 spiro atoms. The van der Waals surface area contributed by atoms with Gasteiger partial charge in [0.2, 0.25) is 5.95 Å². The summed E-state index contributed by atoms with van der Waals surface area (Å²) in [6, 6.07) is 1.95. The summed E-state index contributed by atoms with van der Waals surface area (Å²) < 4.78 is 0. The summed E-state index contributed by atoms with van der Waals surface area (Å²) in [5.41, 5.74) is 6.55. The van der Waals surface area contributed by atoms with Crippen LogP contribution >= 0.6 is 0 Å². The SMILES string of the molecule is Cc1cc(NCC2CCCCC2C)nc(N)n1. The highest BCUT2D eigenvalue weighted by molar-refractivity contribution is 5.40. The van der Waals surface area contributed by atoms with Crippen LogP contribution in [-0.4, -0.2) is 16.5 Å². The molecule has 2 rings (SSSR count). The van der Waals surface area contributed by atoms with Crippen LogP contribution in [0.2, 0.25) is 0 Å². The molecule has 4 heteroatoms. The summed E-state index contributed by atoms with van der Waals surface area (Å²) >= 11 is 0. The first kappa shape index (κ1) is 12.1. The van der Waals surface area contributed by atoms with E-state index in [1.165, 1.54) is 25.7 Å². The van der Waals surface area contributed by atoms with E-state index < -0.39 is 0 Å². The topological polar surface area (TPSA) is 63.8 Å². The normalized spacial score (nSPS) is 24.6. The third kappa shape index (κ3) is 3.32. The van der Waals surface area contributed by atoms with E-state index >= 15 is 0 Å². The second-order valence-corrected chi connectivity index (χ2v) is 5.16. The Bertz CT molecular complexity index is 357. The number of hydrogen-bond donors (Lipinski definition) is 2. The van der Waals surface area contributed by atoms with Gasteiger partial charge in [0.05, 0.1) is 0 Å². The first-order valence-electron chi connectivity index (χ1n) is 6.50. The van der Waals surface area contributed by atoms with Gasteiger partial charge < -0.3 is 11.1 Å². The van der Waals surface area contributed by atoms with Gasteiger partial charge in [-0.1, -0.05) is 26.2 Å². The zero-order valence-corrected chi connectivity index (χ0v) is 10.7. The van der Waals surface area contributed by atoms with E-state index in [0.29, 0.717) is 5.95 Å². The summed E-state index contributed by atoms with van der Waals surface area (Å²) in [4.78, 5) is 8.27. The fraction of sp³-hybridized carbons (Fsp3) is 0.692. The van der Waals surface area contributed by atoms with E-state index in [4.69, 9.17) is 5.73 Å². The van der Waals surface area contributed by atoms with Crippen molar-refractivity contribution in [3.63, 3.8) is 0 Å². The number of nitrogens with one attached hydrogen (secondary N) is 1. The third-order valence-electron chi connectivity index (χ3n) is 3.71. The second-order valence-electron chi connectivity index (χ2n) is 5.16. The van der Waals surface area contributed by atoms with Crippen molar-refractivity contribution in [3.8, 4) is 0 Å². The van der Waals surface area contributed by atoms with Crippen molar-refractivity contribution in [1.82, 2.24) is 9.97 Å². The third-order valence-corrected chi connectivity index (χ3v) is 3.71. The smallest absolute Gasteiger partial charge is 0.222 e. The van der Waals surface area contributed by atoms with Gasteiger partial charge in [-0.3, -0.25) is 0 Å². The summed E-state index contributed by atoms with van der Waals surface area (Å²) in [7, 11) is 0. The lowest BCUT2D eigenvalue weighted by molar-refractivity contribution is 0.268. The Kier molecular flexibility index (Phi) is 3.82. The fourth-order valence-electron chi connectivity index (χ4n) is 2.61. The highest BCUT2D eigenvalue weighted by Gasteiger charge is 2.20. The van der Waals surface area contributed by atoms with Gasteiger partial charge in [-0.15, -0.1) is 0 Å². The maximum Gasteiger partial charge on any atom is 0.222 e. The summed E-state index contributed by atoms with van der Waals surface area (Å²) in [6.07, 6.45) is 5.43. The van der Waals surface area contributed by atoms with E-state index in [0.717, 1.165) is 29.9 Å². The van der Waals surface area contributed by atoms with E-state index in [1.54, 1.807) is 0 Å². The number of aryl methyl sites for hydroxylation is 1. The van der Waals surface area contributed by atoms with Crippen molar-refractivity contribution in [2.75, 3.05) is 17.6 Å². The molecule has 0 radical (unpaired) electrons. The minimum absolute atomic E-state index is 0.351. The molecule has 0 aromatic carbocycles. The Morgan fingerprint density at radius 3 is 2.82 bits per heavy atom. The maximum atomic E-state index is 5.63. The van der Waals surface area contributed by atoms with Gasteiger partial charge in [-0.25, -0.2) is 4.98 Å². The van der Waals surface area contributed by atoms with Crippen LogP contribution in [0.4, 0.5) is 11.8 Å². The number of nitrogen functional groups attached to an aromatic ring is 1. The highest BCUT2D eigenvalue weighted by atomic mass is 15.1. The minimum Gasteiger partial charge on any atom is -0.370 e. The lowest BCUT2D eigenvalue weighted by Gasteiger charge is -2.28. The van der Waals surface area contributed by atoms with Gasteiger partial charge in [-0.05, 0) is 25.2 Å². The van der Waals surface area contributed by atoms with Crippen molar-refractivity contribution in [1.29, 1.82) is 0 Å². The standard InChI is InChI=1S/C13H22N4/c1-9-5-3-4-6-11(9)8-15-12-7-10(2)16-13(14)17-12/h7,9,11H,3-6,8H2,1-2H3,(H3,14,15,16,17). The van der Waals surface area contributed by atoms with Gasteiger partial charge in [-0.2, -0.15) is 4.98 Å². The van der Waals surface area contributed by atoms with Crippen molar-refractivity contribution in [3.05, 3.63) is 11.8 Å². The average Bonchev–Trinajstić information content (AvgIpc) is 2.27. The molecule has 1 aliphatic carbocycles. The Labute approximate surface area is 103 Å². The van der Waals surface area contributed by atoms with E-state index in [9.17, 15) is 0 Å². The largest absolute Gasteiger partial charge is 0.370 e. The van der Waals surface area contributed by atoms with Gasteiger partial charge in [0.25, 0.3) is 0 Å². The number of hydrogen-bond acceptors (Lipinski definition) is 4. The first-order valence-corrected chi connectivity index (χ1v) is 6.50.